The van der Waals surface area contributed by atoms with Crippen molar-refractivity contribution in [3.8, 4) is 0 Å². The van der Waals surface area contributed by atoms with Gasteiger partial charge in [-0.05, 0) is 35.3 Å². The van der Waals surface area contributed by atoms with Gasteiger partial charge in [0.15, 0.2) is 5.43 Å². The van der Waals surface area contributed by atoms with E-state index in [9.17, 15) is 4.79 Å². The van der Waals surface area contributed by atoms with Crippen LogP contribution in [0.1, 0.15) is 25.0 Å². The van der Waals surface area contributed by atoms with Crippen LogP contribution in [-0.4, -0.2) is 0 Å². The maximum Gasteiger partial charge on any atom is 0.186 e. The lowest BCUT2D eigenvalue weighted by molar-refractivity contribution is 0.981. The highest BCUT2D eigenvalue weighted by molar-refractivity contribution is 5.41. The molecule has 62 valence electrons. The molecule has 0 aromatic carbocycles. The van der Waals surface area contributed by atoms with Crippen molar-refractivity contribution in [1.82, 2.24) is 0 Å². The average Bonchev–Trinajstić information content (AvgIpc) is 2.31. The normalized spacial score (nSPS) is 11.5. The van der Waals surface area contributed by atoms with Gasteiger partial charge in [0.1, 0.15) is 0 Å². The van der Waals surface area contributed by atoms with Crippen molar-refractivity contribution in [2.75, 3.05) is 0 Å². The molecule has 0 N–H and O–H groups in total. The van der Waals surface area contributed by atoms with E-state index in [1.807, 2.05) is 6.07 Å². The SMILES string of the molecule is CCc1c(CC)c2c(=O)ccc1=2. The molecule has 0 aromatic heterocycles. The first-order chi connectivity index (χ1) is 5.79. The van der Waals surface area contributed by atoms with Crippen LogP contribution in [0.3, 0.4) is 0 Å². The Labute approximate surface area is 71.4 Å². The Hall–Kier alpha value is -1.11. The van der Waals surface area contributed by atoms with Crippen molar-refractivity contribution in [3.05, 3.63) is 43.9 Å². The molecule has 0 heterocycles. The molecule has 0 spiro atoms. The molecule has 0 bridgehead atoms. The van der Waals surface area contributed by atoms with Crippen molar-refractivity contribution in [2.24, 2.45) is 0 Å². The summed E-state index contributed by atoms with van der Waals surface area (Å²) in [5.74, 6) is 0. The summed E-state index contributed by atoms with van der Waals surface area (Å²) in [6, 6.07) is 3.64. The van der Waals surface area contributed by atoms with Crippen LogP contribution < -0.4 is 5.43 Å². The molecule has 1 heteroatoms. The zero-order valence-corrected chi connectivity index (χ0v) is 7.48. The van der Waals surface area contributed by atoms with Gasteiger partial charge in [-0.15, -0.1) is 0 Å². The minimum Gasteiger partial charge on any atom is -0.289 e. The van der Waals surface area contributed by atoms with Gasteiger partial charge in [0.05, 0.1) is 0 Å². The lowest BCUT2D eigenvalue weighted by atomic mass is 9.93. The first-order valence-corrected chi connectivity index (χ1v) is 4.49. The van der Waals surface area contributed by atoms with E-state index in [0.29, 0.717) is 0 Å². The van der Waals surface area contributed by atoms with Crippen molar-refractivity contribution < 1.29 is 0 Å². The topological polar surface area (TPSA) is 17.1 Å². The Bertz CT molecular complexity index is 472. The average molecular weight is 160 g/mol. The second-order valence-electron chi connectivity index (χ2n) is 3.15. The second kappa shape index (κ2) is 2.44. The van der Waals surface area contributed by atoms with Gasteiger partial charge in [0, 0.05) is 5.22 Å². The fourth-order valence-corrected chi connectivity index (χ4v) is 2.07. The Balaban J connectivity index is 2.80. The molecule has 0 saturated carbocycles. The summed E-state index contributed by atoms with van der Waals surface area (Å²) in [7, 11) is 0. The summed E-state index contributed by atoms with van der Waals surface area (Å²) < 4.78 is 0. The van der Waals surface area contributed by atoms with Crippen LogP contribution in [0.4, 0.5) is 0 Å². The predicted octanol–water partition coefficient (Wildman–Crippen LogP) is 1.77. The molecule has 0 atom stereocenters. The molecule has 2 rings (SSSR count). The highest BCUT2D eigenvalue weighted by atomic mass is 16.1. The van der Waals surface area contributed by atoms with Gasteiger partial charge in [0.25, 0.3) is 0 Å². The molecule has 1 nitrogen and oxygen atoms in total. The fraction of sp³-hybridized carbons (Fsp3) is 0.364. The highest BCUT2D eigenvalue weighted by Crippen LogP contribution is 2.19. The van der Waals surface area contributed by atoms with E-state index in [1.54, 1.807) is 6.07 Å². The van der Waals surface area contributed by atoms with E-state index in [0.717, 1.165) is 18.1 Å². The van der Waals surface area contributed by atoms with Crippen LogP contribution in [0.25, 0.3) is 0 Å². The monoisotopic (exact) mass is 160 g/mol. The van der Waals surface area contributed by atoms with Crippen molar-refractivity contribution >= 4 is 0 Å². The molecule has 0 unspecified atom stereocenters. The first-order valence-electron chi connectivity index (χ1n) is 4.49. The Morgan fingerprint density at radius 2 is 1.75 bits per heavy atom. The molecule has 2 aliphatic carbocycles. The van der Waals surface area contributed by atoms with Crippen LogP contribution >= 0.6 is 0 Å². The fourth-order valence-electron chi connectivity index (χ4n) is 2.07. The lowest BCUT2D eigenvalue weighted by Gasteiger charge is -2.10. The largest absolute Gasteiger partial charge is 0.289 e. The zero-order chi connectivity index (χ0) is 8.72. The molecule has 0 aliphatic heterocycles. The second-order valence-corrected chi connectivity index (χ2v) is 3.15. The molecule has 0 aromatic rings. The van der Waals surface area contributed by atoms with Gasteiger partial charge in [-0.1, -0.05) is 19.9 Å². The Morgan fingerprint density at radius 3 is 2.33 bits per heavy atom. The van der Waals surface area contributed by atoms with Crippen molar-refractivity contribution in [3.63, 3.8) is 0 Å². The van der Waals surface area contributed by atoms with Gasteiger partial charge < -0.3 is 0 Å². The minimum absolute atomic E-state index is 0.207. The summed E-state index contributed by atoms with van der Waals surface area (Å²) in [5, 5.41) is 2.20. The summed E-state index contributed by atoms with van der Waals surface area (Å²) >= 11 is 0. The van der Waals surface area contributed by atoms with Crippen LogP contribution in [0, 0.1) is 10.4 Å². The van der Waals surface area contributed by atoms with Gasteiger partial charge in [-0.2, -0.15) is 0 Å². The van der Waals surface area contributed by atoms with E-state index in [1.165, 1.54) is 16.3 Å². The Morgan fingerprint density at radius 1 is 1.08 bits per heavy atom. The molecular weight excluding hydrogens is 148 g/mol. The maximum atomic E-state index is 11.3. The van der Waals surface area contributed by atoms with E-state index >= 15 is 0 Å². The molecular formula is C11H12O. The summed E-state index contributed by atoms with van der Waals surface area (Å²) in [4.78, 5) is 11.3. The predicted molar refractivity (Wildman–Crippen MR) is 49.1 cm³/mol. The smallest absolute Gasteiger partial charge is 0.186 e. The van der Waals surface area contributed by atoms with Crippen LogP contribution in [0.2, 0.25) is 0 Å². The zero-order valence-electron chi connectivity index (χ0n) is 7.48. The van der Waals surface area contributed by atoms with Crippen molar-refractivity contribution in [2.45, 2.75) is 26.7 Å². The van der Waals surface area contributed by atoms with E-state index < -0.39 is 0 Å². The van der Waals surface area contributed by atoms with Gasteiger partial charge in [0.2, 0.25) is 0 Å². The highest BCUT2D eigenvalue weighted by Gasteiger charge is 2.13. The summed E-state index contributed by atoms with van der Waals surface area (Å²) in [6.45, 7) is 4.26. The maximum absolute atomic E-state index is 11.3. The minimum atomic E-state index is 0.207. The van der Waals surface area contributed by atoms with Gasteiger partial charge >= 0.3 is 0 Å². The number of rotatable bonds is 2. The summed E-state index contributed by atoms with van der Waals surface area (Å²) in [6.07, 6.45) is 2.05. The van der Waals surface area contributed by atoms with Gasteiger partial charge in [-0.3, -0.25) is 4.79 Å². The van der Waals surface area contributed by atoms with Gasteiger partial charge in [-0.25, -0.2) is 0 Å². The number of hydrogen-bond donors (Lipinski definition) is 0. The Kier molecular flexibility index (Phi) is 1.53. The lowest BCUT2D eigenvalue weighted by Crippen LogP contribution is -2.07. The molecule has 2 aliphatic rings. The number of hydrogen-bond acceptors (Lipinski definition) is 1. The molecule has 0 amide bonds. The first kappa shape index (κ1) is 7.53. The molecule has 0 fully saturated rings. The van der Waals surface area contributed by atoms with E-state index in [2.05, 4.69) is 13.8 Å². The van der Waals surface area contributed by atoms with Crippen LogP contribution in [0.5, 0.6) is 0 Å². The molecule has 0 radical (unpaired) electrons. The third-order valence-corrected chi connectivity index (χ3v) is 2.62. The van der Waals surface area contributed by atoms with Crippen LogP contribution in [0.15, 0.2) is 16.9 Å². The third-order valence-electron chi connectivity index (χ3n) is 2.62. The van der Waals surface area contributed by atoms with E-state index in [-0.39, 0.29) is 5.43 Å². The molecule has 0 saturated heterocycles. The summed E-state index contributed by atoms with van der Waals surface area (Å²) in [5.41, 5.74) is 2.90. The van der Waals surface area contributed by atoms with Crippen molar-refractivity contribution in [1.29, 1.82) is 0 Å². The van der Waals surface area contributed by atoms with E-state index in [4.69, 9.17) is 0 Å². The third kappa shape index (κ3) is 0.711. The molecule has 12 heavy (non-hydrogen) atoms. The standard InChI is InChI=1S/C11H12O/c1-3-7-8(4-2)11-9(7)5-6-10(11)12/h5-6H,3-4H2,1-2H3. The quantitative estimate of drug-likeness (QED) is 0.654. The van der Waals surface area contributed by atoms with Crippen LogP contribution in [-0.2, 0) is 12.8 Å².